The minimum absolute atomic E-state index is 0.145. The van der Waals surface area contributed by atoms with Crippen molar-refractivity contribution in [1.82, 2.24) is 9.97 Å². The normalized spacial score (nSPS) is 22.5. The molecule has 3 rings (SSSR count). The second-order valence-corrected chi connectivity index (χ2v) is 8.77. The summed E-state index contributed by atoms with van der Waals surface area (Å²) in [4.78, 5) is 8.72. The molecule has 0 aliphatic heterocycles. The minimum atomic E-state index is -0.229. The minimum Gasteiger partial charge on any atom is -0.236 e. The zero-order valence-electron chi connectivity index (χ0n) is 13.7. The second kappa shape index (κ2) is 5.48. The Kier molecular flexibility index (Phi) is 3.92. The van der Waals surface area contributed by atoms with E-state index < -0.39 is 0 Å². The summed E-state index contributed by atoms with van der Waals surface area (Å²) < 4.78 is 13.8. The zero-order chi connectivity index (χ0) is 16.0. The number of fused-ring (bicyclic) bond motifs is 1. The molecule has 0 N–H and O–H groups in total. The third kappa shape index (κ3) is 2.85. The van der Waals surface area contributed by atoms with Gasteiger partial charge in [0.15, 0.2) is 0 Å². The van der Waals surface area contributed by atoms with Crippen LogP contribution in [0.2, 0.25) is 0 Å². The van der Waals surface area contributed by atoms with Crippen LogP contribution in [-0.4, -0.2) is 14.7 Å². The Hall–Kier alpha value is -1.16. The van der Waals surface area contributed by atoms with Crippen LogP contribution in [0.4, 0.5) is 4.39 Å². The lowest BCUT2D eigenvalue weighted by atomic mass is 9.94. The van der Waals surface area contributed by atoms with Crippen LogP contribution in [0, 0.1) is 17.2 Å². The van der Waals surface area contributed by atoms with Crippen LogP contribution in [0.1, 0.15) is 47.0 Å². The second-order valence-electron chi connectivity index (χ2n) is 7.25. The van der Waals surface area contributed by atoms with Crippen molar-refractivity contribution in [1.29, 1.82) is 0 Å². The molecule has 118 valence electrons. The van der Waals surface area contributed by atoms with E-state index in [9.17, 15) is 4.39 Å². The van der Waals surface area contributed by atoms with Gasteiger partial charge in [0.25, 0.3) is 0 Å². The van der Waals surface area contributed by atoms with Crippen LogP contribution in [0.5, 0.6) is 0 Å². The average molecular weight is 318 g/mol. The lowest BCUT2D eigenvalue weighted by Gasteiger charge is -2.30. The highest BCUT2D eigenvalue weighted by Gasteiger charge is 2.55. The van der Waals surface area contributed by atoms with E-state index in [4.69, 9.17) is 0 Å². The van der Waals surface area contributed by atoms with Gasteiger partial charge in [-0.2, -0.15) is 0 Å². The third-order valence-electron chi connectivity index (χ3n) is 4.89. The van der Waals surface area contributed by atoms with Crippen molar-refractivity contribution in [3.05, 3.63) is 30.3 Å². The molecule has 4 heteroatoms. The number of aromatic nitrogens is 2. The van der Waals surface area contributed by atoms with Crippen LogP contribution in [-0.2, 0) is 0 Å². The van der Waals surface area contributed by atoms with Gasteiger partial charge >= 0.3 is 0 Å². The van der Waals surface area contributed by atoms with E-state index in [1.165, 1.54) is 12.5 Å². The fourth-order valence-corrected chi connectivity index (χ4v) is 5.28. The van der Waals surface area contributed by atoms with Crippen molar-refractivity contribution in [2.45, 2.75) is 56.7 Å². The van der Waals surface area contributed by atoms with Crippen LogP contribution in [0.15, 0.2) is 29.6 Å². The monoisotopic (exact) mass is 318 g/mol. The molecule has 1 fully saturated rings. The lowest BCUT2D eigenvalue weighted by molar-refractivity contribution is 0.434. The summed E-state index contributed by atoms with van der Waals surface area (Å²) in [7, 11) is 0. The number of thioether (sulfide) groups is 1. The van der Waals surface area contributed by atoms with E-state index in [2.05, 4.69) is 37.7 Å². The number of nitrogens with zero attached hydrogens (tertiary/aromatic N) is 2. The van der Waals surface area contributed by atoms with Gasteiger partial charge in [0.05, 0.1) is 5.52 Å². The van der Waals surface area contributed by atoms with Gasteiger partial charge in [-0.25, -0.2) is 14.4 Å². The first-order chi connectivity index (χ1) is 10.4. The summed E-state index contributed by atoms with van der Waals surface area (Å²) in [5.41, 5.74) is 1.22. The van der Waals surface area contributed by atoms with E-state index >= 15 is 0 Å². The molecule has 2 aromatic rings. The molecule has 1 unspecified atom stereocenters. The van der Waals surface area contributed by atoms with Gasteiger partial charge in [-0.3, -0.25) is 0 Å². The topological polar surface area (TPSA) is 25.8 Å². The predicted molar refractivity (Wildman–Crippen MR) is 90.6 cm³/mol. The number of halogens is 1. The molecule has 1 aliphatic rings. The Morgan fingerprint density at radius 1 is 1.36 bits per heavy atom. The fourth-order valence-electron chi connectivity index (χ4n) is 3.61. The first kappa shape index (κ1) is 15.7. The molecule has 0 amide bonds. The summed E-state index contributed by atoms with van der Waals surface area (Å²) >= 11 is 1.81. The van der Waals surface area contributed by atoms with E-state index in [1.54, 1.807) is 18.5 Å². The molecule has 0 saturated heterocycles. The van der Waals surface area contributed by atoms with Crippen LogP contribution >= 0.6 is 11.8 Å². The molecule has 22 heavy (non-hydrogen) atoms. The first-order valence-corrected chi connectivity index (χ1v) is 8.77. The van der Waals surface area contributed by atoms with Gasteiger partial charge in [0.1, 0.15) is 17.2 Å². The van der Waals surface area contributed by atoms with Crippen molar-refractivity contribution < 1.29 is 4.39 Å². The van der Waals surface area contributed by atoms with Crippen LogP contribution < -0.4 is 0 Å². The maximum atomic E-state index is 13.6. The third-order valence-corrected chi connectivity index (χ3v) is 6.36. The smallest absolute Gasteiger partial charge is 0.124 e. The van der Waals surface area contributed by atoms with Crippen molar-refractivity contribution >= 4 is 22.7 Å². The first-order valence-electron chi connectivity index (χ1n) is 7.95. The summed E-state index contributed by atoms with van der Waals surface area (Å²) in [5.74, 6) is 0.455. The van der Waals surface area contributed by atoms with Crippen molar-refractivity contribution in [2.24, 2.45) is 11.3 Å². The van der Waals surface area contributed by atoms with Crippen molar-refractivity contribution in [2.75, 3.05) is 0 Å². The Labute approximate surface area is 135 Å². The fraction of sp³-hybridized carbons (Fsp3) is 0.556. The van der Waals surface area contributed by atoms with Crippen molar-refractivity contribution in [3.63, 3.8) is 0 Å². The average Bonchev–Trinajstić information content (AvgIpc) is 3.10. The maximum Gasteiger partial charge on any atom is 0.124 e. The molecular weight excluding hydrogens is 295 g/mol. The van der Waals surface area contributed by atoms with Gasteiger partial charge in [-0.15, -0.1) is 0 Å². The maximum absolute atomic E-state index is 13.6. The molecule has 1 saturated carbocycles. The van der Waals surface area contributed by atoms with Gasteiger partial charge in [0, 0.05) is 10.1 Å². The molecular formula is C18H23FN2S. The Morgan fingerprint density at radius 2 is 2.09 bits per heavy atom. The molecule has 1 heterocycles. The van der Waals surface area contributed by atoms with Gasteiger partial charge in [-0.05, 0) is 49.3 Å². The molecule has 0 bridgehead atoms. The highest BCUT2D eigenvalue weighted by molar-refractivity contribution is 8.00. The molecule has 1 aliphatic carbocycles. The summed E-state index contributed by atoms with van der Waals surface area (Å²) in [6.07, 6.45) is 5.14. The molecule has 1 aromatic heterocycles. The van der Waals surface area contributed by atoms with Gasteiger partial charge < -0.3 is 0 Å². The highest BCUT2D eigenvalue weighted by Crippen LogP contribution is 2.63. The largest absolute Gasteiger partial charge is 0.236 e. The van der Waals surface area contributed by atoms with Crippen LogP contribution in [0.25, 0.3) is 10.9 Å². The summed E-state index contributed by atoms with van der Waals surface area (Å²) in [6.45, 7) is 9.24. The number of rotatable bonds is 5. The molecule has 1 aromatic carbocycles. The molecule has 2 nitrogen and oxygen atoms in total. The van der Waals surface area contributed by atoms with E-state index in [0.29, 0.717) is 11.3 Å². The molecule has 0 radical (unpaired) electrons. The summed E-state index contributed by atoms with van der Waals surface area (Å²) in [5, 5.41) is 1.73. The van der Waals surface area contributed by atoms with E-state index in [1.807, 2.05) is 11.8 Å². The van der Waals surface area contributed by atoms with E-state index in [-0.39, 0.29) is 10.6 Å². The Balaban J connectivity index is 1.98. The highest BCUT2D eigenvalue weighted by atomic mass is 32.2. The van der Waals surface area contributed by atoms with Crippen molar-refractivity contribution in [3.8, 4) is 0 Å². The number of hydrogen-bond donors (Lipinski definition) is 0. The SMILES string of the molecule is CCCC(C)(Sc1ncnc2ccc(F)cc12)[C@@H]1CC1(C)C. The van der Waals surface area contributed by atoms with Gasteiger partial charge in [-0.1, -0.05) is 39.0 Å². The molecule has 0 spiro atoms. The van der Waals surface area contributed by atoms with Crippen LogP contribution in [0.3, 0.4) is 0 Å². The number of hydrogen-bond acceptors (Lipinski definition) is 3. The Bertz CT molecular complexity index is 701. The Morgan fingerprint density at radius 3 is 2.73 bits per heavy atom. The number of benzene rings is 1. The predicted octanol–water partition coefficient (Wildman–Crippen LogP) is 5.47. The van der Waals surface area contributed by atoms with E-state index in [0.717, 1.165) is 28.8 Å². The quantitative estimate of drug-likeness (QED) is 0.540. The summed E-state index contributed by atoms with van der Waals surface area (Å²) in [6, 6.07) is 4.75. The molecule has 2 atom stereocenters. The standard InChI is InChI=1S/C18H23FN2S/c1-5-8-18(4,15-10-17(15,2)3)22-16-13-9-12(19)6-7-14(13)20-11-21-16/h6-7,9,11,15H,5,8,10H2,1-4H3/t15-,18?/m1/s1. The lowest BCUT2D eigenvalue weighted by Crippen LogP contribution is -2.25. The zero-order valence-corrected chi connectivity index (χ0v) is 14.5. The van der Waals surface area contributed by atoms with Gasteiger partial charge in [0.2, 0.25) is 0 Å².